The molecule has 2 heterocycles. The van der Waals surface area contributed by atoms with Gasteiger partial charge >= 0.3 is 0 Å². The Morgan fingerprint density at radius 2 is 1.90 bits per heavy atom. The molecule has 6 nitrogen and oxygen atoms in total. The van der Waals surface area contributed by atoms with E-state index in [2.05, 4.69) is 26.0 Å². The lowest BCUT2D eigenvalue weighted by atomic mass is 10.2. The number of carbonyl (C=O) groups is 1. The van der Waals surface area contributed by atoms with E-state index in [4.69, 9.17) is 10.8 Å². The molecule has 1 amide bonds. The monoisotopic (exact) mass is 406 g/mol. The highest BCUT2D eigenvalue weighted by Crippen LogP contribution is 2.24. The molecule has 7 heteroatoms. The summed E-state index contributed by atoms with van der Waals surface area (Å²) in [5.41, 5.74) is 3.46. The average Bonchev–Trinajstić information content (AvgIpc) is 3.17. The fraction of sp³-hybridized carbons (Fsp3) is 0.273. The summed E-state index contributed by atoms with van der Waals surface area (Å²) in [6.45, 7) is 4.55. The number of benzene rings is 2. The molecule has 0 spiro atoms. The summed E-state index contributed by atoms with van der Waals surface area (Å²) < 4.78 is 5.63. The van der Waals surface area contributed by atoms with Gasteiger partial charge in [-0.1, -0.05) is 29.8 Å². The van der Waals surface area contributed by atoms with Crippen molar-refractivity contribution < 1.29 is 9.21 Å². The Hall–Kier alpha value is -2.95. The second kappa shape index (κ2) is 9.03. The Morgan fingerprint density at radius 1 is 1.14 bits per heavy atom. The molecule has 0 aliphatic carbocycles. The number of carbonyl (C=O) groups excluding carboxylic acids is 1. The van der Waals surface area contributed by atoms with E-state index in [9.17, 15) is 4.79 Å². The number of aromatic nitrogens is 1. The van der Waals surface area contributed by atoms with Crippen LogP contribution >= 0.6 is 11.8 Å². The fourth-order valence-electron chi connectivity index (χ4n) is 3.29. The maximum atomic E-state index is 12.3. The van der Waals surface area contributed by atoms with E-state index in [0.29, 0.717) is 11.8 Å². The molecule has 0 atom stereocenters. The van der Waals surface area contributed by atoms with Gasteiger partial charge in [0.1, 0.15) is 5.52 Å². The molecule has 2 aromatic carbocycles. The lowest BCUT2D eigenvalue weighted by Gasteiger charge is -2.35. The number of rotatable bonds is 6. The minimum atomic E-state index is -0.0899. The Labute approximate surface area is 174 Å². The van der Waals surface area contributed by atoms with Crippen LogP contribution in [0.15, 0.2) is 58.2 Å². The number of amides is 1. The number of anilines is 2. The van der Waals surface area contributed by atoms with Crippen LogP contribution in [0.5, 0.6) is 0 Å². The molecular formula is C22H22N4O2S. The highest BCUT2D eigenvalue weighted by Gasteiger charge is 2.16. The molecule has 29 heavy (non-hydrogen) atoms. The van der Waals surface area contributed by atoms with Gasteiger partial charge in [0.25, 0.3) is 5.22 Å². The number of para-hydroxylation sites is 2. The van der Waals surface area contributed by atoms with E-state index in [1.807, 2.05) is 48.5 Å². The summed E-state index contributed by atoms with van der Waals surface area (Å²) >= 11 is 1.29. The topological polar surface area (TPSA) is 61.6 Å². The first-order valence-corrected chi connectivity index (χ1v) is 10.5. The minimum Gasteiger partial charge on any atom is -0.431 e. The number of thioether (sulfide) groups is 1. The first-order chi connectivity index (χ1) is 14.2. The molecule has 1 saturated heterocycles. The maximum absolute atomic E-state index is 12.3. The number of piperazine rings is 1. The highest BCUT2D eigenvalue weighted by atomic mass is 32.2. The summed E-state index contributed by atoms with van der Waals surface area (Å²) in [6.07, 6.45) is 5.38. The van der Waals surface area contributed by atoms with Gasteiger partial charge in [-0.2, -0.15) is 0 Å². The standard InChI is InChI=1S/C22H22N4O2S/c1-2-11-25-12-14-26(15-13-25)18-9-7-17(8-10-18)23-21(27)16-29-22-24-19-5-3-4-6-20(19)28-22/h1,3-10H,11-16H2,(H,23,27). The molecular weight excluding hydrogens is 384 g/mol. The lowest BCUT2D eigenvalue weighted by Crippen LogP contribution is -2.46. The third-order valence-corrected chi connectivity index (χ3v) is 5.63. The summed E-state index contributed by atoms with van der Waals surface area (Å²) in [4.78, 5) is 21.2. The molecule has 3 aromatic rings. The van der Waals surface area contributed by atoms with Gasteiger partial charge in [-0.15, -0.1) is 6.42 Å². The van der Waals surface area contributed by atoms with Gasteiger partial charge in [0.05, 0.1) is 12.3 Å². The average molecular weight is 407 g/mol. The molecule has 1 N–H and O–H groups in total. The van der Waals surface area contributed by atoms with E-state index < -0.39 is 0 Å². The van der Waals surface area contributed by atoms with E-state index in [0.717, 1.165) is 48.7 Å². The molecule has 148 valence electrons. The van der Waals surface area contributed by atoms with Gasteiger partial charge in [0.15, 0.2) is 5.58 Å². The van der Waals surface area contributed by atoms with Gasteiger partial charge < -0.3 is 14.6 Å². The van der Waals surface area contributed by atoms with Crippen LogP contribution in [0.3, 0.4) is 0 Å². The van der Waals surface area contributed by atoms with Crippen LogP contribution in [0.25, 0.3) is 11.1 Å². The molecule has 0 saturated carbocycles. The minimum absolute atomic E-state index is 0.0899. The molecule has 1 aliphatic rings. The van der Waals surface area contributed by atoms with Crippen molar-refractivity contribution in [3.05, 3.63) is 48.5 Å². The first-order valence-electron chi connectivity index (χ1n) is 9.50. The van der Waals surface area contributed by atoms with Crippen molar-refractivity contribution >= 4 is 40.1 Å². The van der Waals surface area contributed by atoms with E-state index in [1.165, 1.54) is 11.8 Å². The number of nitrogens with one attached hydrogen (secondary N) is 1. The van der Waals surface area contributed by atoms with E-state index in [-0.39, 0.29) is 11.7 Å². The van der Waals surface area contributed by atoms with Crippen LogP contribution in [0, 0.1) is 12.3 Å². The predicted octanol–water partition coefficient (Wildman–Crippen LogP) is 3.31. The van der Waals surface area contributed by atoms with Crippen LogP contribution in [-0.4, -0.2) is 54.3 Å². The van der Waals surface area contributed by atoms with Crippen molar-refractivity contribution in [1.82, 2.24) is 9.88 Å². The Kier molecular flexibility index (Phi) is 6.03. The van der Waals surface area contributed by atoms with Gasteiger partial charge in [-0.3, -0.25) is 9.69 Å². The summed E-state index contributed by atoms with van der Waals surface area (Å²) in [5, 5.41) is 3.42. The van der Waals surface area contributed by atoms with Crippen molar-refractivity contribution in [2.24, 2.45) is 0 Å². The third-order valence-electron chi connectivity index (χ3n) is 4.80. The molecule has 0 bridgehead atoms. The second-order valence-electron chi connectivity index (χ2n) is 6.80. The number of fused-ring (bicyclic) bond motifs is 1. The SMILES string of the molecule is C#CCN1CCN(c2ccc(NC(=O)CSc3nc4ccccc4o3)cc2)CC1. The molecule has 4 rings (SSSR count). The van der Waals surface area contributed by atoms with Gasteiger partial charge in [-0.05, 0) is 36.4 Å². The number of oxazole rings is 1. The van der Waals surface area contributed by atoms with Crippen LogP contribution < -0.4 is 10.2 Å². The van der Waals surface area contributed by atoms with Crippen molar-refractivity contribution in [3.8, 4) is 12.3 Å². The van der Waals surface area contributed by atoms with Crippen molar-refractivity contribution in [1.29, 1.82) is 0 Å². The van der Waals surface area contributed by atoms with Crippen molar-refractivity contribution in [3.63, 3.8) is 0 Å². The predicted molar refractivity (Wildman–Crippen MR) is 117 cm³/mol. The smallest absolute Gasteiger partial charge is 0.257 e. The normalized spacial score (nSPS) is 14.7. The number of hydrogen-bond donors (Lipinski definition) is 1. The summed E-state index contributed by atoms with van der Waals surface area (Å²) in [7, 11) is 0. The molecule has 1 aliphatic heterocycles. The lowest BCUT2D eigenvalue weighted by molar-refractivity contribution is -0.113. The van der Waals surface area contributed by atoms with Crippen LogP contribution in [0.2, 0.25) is 0 Å². The van der Waals surface area contributed by atoms with E-state index >= 15 is 0 Å². The van der Waals surface area contributed by atoms with Gasteiger partial charge in [0.2, 0.25) is 5.91 Å². The molecule has 0 unspecified atom stereocenters. The van der Waals surface area contributed by atoms with Gasteiger partial charge in [-0.25, -0.2) is 4.98 Å². The maximum Gasteiger partial charge on any atom is 0.257 e. The number of terminal acetylenes is 1. The van der Waals surface area contributed by atoms with E-state index in [1.54, 1.807) is 0 Å². The van der Waals surface area contributed by atoms with Crippen LogP contribution in [0.1, 0.15) is 0 Å². The second-order valence-corrected chi connectivity index (χ2v) is 7.73. The summed E-state index contributed by atoms with van der Waals surface area (Å²) in [6, 6.07) is 15.5. The number of nitrogens with zero attached hydrogens (tertiary/aromatic N) is 3. The highest BCUT2D eigenvalue weighted by molar-refractivity contribution is 7.99. The molecule has 1 fully saturated rings. The Balaban J connectivity index is 1.27. The Morgan fingerprint density at radius 3 is 2.62 bits per heavy atom. The zero-order valence-corrected chi connectivity index (χ0v) is 16.8. The molecule has 0 radical (unpaired) electrons. The number of hydrogen-bond acceptors (Lipinski definition) is 6. The third kappa shape index (κ3) is 4.91. The molecule has 1 aromatic heterocycles. The van der Waals surface area contributed by atoms with Crippen molar-refractivity contribution in [2.45, 2.75) is 5.22 Å². The zero-order valence-electron chi connectivity index (χ0n) is 16.0. The largest absolute Gasteiger partial charge is 0.431 e. The van der Waals surface area contributed by atoms with Crippen molar-refractivity contribution in [2.75, 3.05) is 48.7 Å². The Bertz CT molecular complexity index is 984. The van der Waals surface area contributed by atoms with Gasteiger partial charge in [0, 0.05) is 37.6 Å². The zero-order chi connectivity index (χ0) is 20.1. The first kappa shape index (κ1) is 19.4. The quantitative estimate of drug-likeness (QED) is 0.501. The fourth-order valence-corrected chi connectivity index (χ4v) is 3.92. The summed E-state index contributed by atoms with van der Waals surface area (Å²) in [5.74, 6) is 2.85. The van der Waals surface area contributed by atoms with Crippen LogP contribution in [-0.2, 0) is 4.79 Å². The van der Waals surface area contributed by atoms with Crippen LogP contribution in [0.4, 0.5) is 11.4 Å².